The lowest BCUT2D eigenvalue weighted by molar-refractivity contribution is -0.137. The number of nitrogens with one attached hydrogen (secondary N) is 1. The summed E-state index contributed by atoms with van der Waals surface area (Å²) in [5.74, 6) is -0.181. The maximum atomic E-state index is 13.5. The van der Waals surface area contributed by atoms with Crippen LogP contribution in [0.3, 0.4) is 0 Å². The first-order valence-corrected chi connectivity index (χ1v) is 12.6. The lowest BCUT2D eigenvalue weighted by Crippen LogP contribution is -2.38. The molecule has 0 unspecified atom stereocenters. The van der Waals surface area contributed by atoms with E-state index in [4.69, 9.17) is 16.3 Å². The van der Waals surface area contributed by atoms with Crippen molar-refractivity contribution in [3.8, 4) is 5.75 Å². The fourth-order valence-electron chi connectivity index (χ4n) is 3.26. The molecule has 3 rings (SSSR count). The van der Waals surface area contributed by atoms with Crippen LogP contribution in [0.15, 0.2) is 71.6 Å². The van der Waals surface area contributed by atoms with Crippen LogP contribution < -0.4 is 14.4 Å². The summed E-state index contributed by atoms with van der Waals surface area (Å²) in [5.41, 5.74) is -0.431. The second-order valence-electron chi connectivity index (χ2n) is 8.23. The van der Waals surface area contributed by atoms with E-state index >= 15 is 0 Å². The highest BCUT2D eigenvalue weighted by atomic mass is 35.5. The van der Waals surface area contributed by atoms with Gasteiger partial charge in [0.2, 0.25) is 5.91 Å². The summed E-state index contributed by atoms with van der Waals surface area (Å²) in [4.78, 5) is 12.7. The molecule has 192 valence electrons. The quantitative estimate of drug-likeness (QED) is 0.364. The predicted molar refractivity (Wildman–Crippen MR) is 133 cm³/mol. The van der Waals surface area contributed by atoms with Gasteiger partial charge in [0.1, 0.15) is 12.3 Å². The number of nitrogens with zero attached hydrogens (tertiary/aromatic N) is 1. The summed E-state index contributed by atoms with van der Waals surface area (Å²) in [5, 5.41) is 1.97. The van der Waals surface area contributed by atoms with Gasteiger partial charge in [-0.05, 0) is 75.4 Å². The predicted octanol–water partition coefficient (Wildman–Crippen LogP) is 6.29. The summed E-state index contributed by atoms with van der Waals surface area (Å²) in [7, 11) is -4.41. The van der Waals surface area contributed by atoms with Crippen LogP contribution in [-0.2, 0) is 21.0 Å². The van der Waals surface area contributed by atoms with Crippen LogP contribution in [0.4, 0.5) is 24.5 Å². The van der Waals surface area contributed by atoms with Gasteiger partial charge >= 0.3 is 6.18 Å². The number of halogens is 4. The van der Waals surface area contributed by atoms with E-state index in [-0.39, 0.29) is 16.7 Å². The molecule has 0 aliphatic rings. The molecule has 0 atom stereocenters. The van der Waals surface area contributed by atoms with Crippen molar-refractivity contribution in [2.45, 2.75) is 37.9 Å². The molecule has 0 radical (unpaired) electrons. The zero-order valence-corrected chi connectivity index (χ0v) is 21.2. The number of sulfonamides is 1. The molecule has 6 nitrogen and oxygen atoms in total. The number of anilines is 2. The van der Waals surface area contributed by atoms with E-state index in [1.54, 1.807) is 43.3 Å². The van der Waals surface area contributed by atoms with Crippen molar-refractivity contribution in [2.75, 3.05) is 16.2 Å². The van der Waals surface area contributed by atoms with Gasteiger partial charge in [-0.15, -0.1) is 0 Å². The Kier molecular flexibility index (Phi) is 8.20. The monoisotopic (exact) mass is 540 g/mol. The average Bonchev–Trinajstić information content (AvgIpc) is 2.78. The minimum atomic E-state index is -4.82. The second-order valence-corrected chi connectivity index (χ2v) is 10.5. The van der Waals surface area contributed by atoms with Crippen molar-refractivity contribution in [2.24, 2.45) is 0 Å². The van der Waals surface area contributed by atoms with E-state index in [0.29, 0.717) is 21.8 Å². The van der Waals surface area contributed by atoms with E-state index in [9.17, 15) is 26.4 Å². The molecule has 1 amide bonds. The third-order valence-electron chi connectivity index (χ3n) is 4.95. The minimum absolute atomic E-state index is 0.0491. The highest BCUT2D eigenvalue weighted by Gasteiger charge is 2.35. The zero-order valence-electron chi connectivity index (χ0n) is 19.6. The Bertz CT molecular complexity index is 1330. The van der Waals surface area contributed by atoms with Crippen LogP contribution in [0.25, 0.3) is 0 Å². The van der Waals surface area contributed by atoms with Crippen molar-refractivity contribution in [3.63, 3.8) is 0 Å². The van der Waals surface area contributed by atoms with Gasteiger partial charge < -0.3 is 10.1 Å². The third kappa shape index (κ3) is 6.70. The second kappa shape index (κ2) is 10.8. The van der Waals surface area contributed by atoms with E-state index in [1.807, 2.05) is 13.8 Å². The number of carbonyl (C=O) groups excluding carboxylic acids is 1. The van der Waals surface area contributed by atoms with Gasteiger partial charge in [0, 0.05) is 5.69 Å². The Morgan fingerprint density at radius 2 is 1.64 bits per heavy atom. The standard InChI is InChI=1S/C25H24ClF3N2O4S/c1-16(2)35-20-9-6-18(7-10-20)30-24(32)15-31(36(33,34)21-11-4-17(3)5-12-21)19-8-13-23(26)22(14-19)25(27,28)29/h4-14,16H,15H2,1-3H3,(H,30,32). The zero-order chi connectivity index (χ0) is 26.7. The van der Waals surface area contributed by atoms with Crippen LogP contribution in [0, 0.1) is 6.92 Å². The summed E-state index contributed by atoms with van der Waals surface area (Å²) in [6.45, 7) is 4.70. The molecule has 1 N–H and O–H groups in total. The molecule has 36 heavy (non-hydrogen) atoms. The molecule has 0 aromatic heterocycles. The molecule has 0 fully saturated rings. The van der Waals surface area contributed by atoms with Gasteiger partial charge in [0.05, 0.1) is 27.3 Å². The third-order valence-corrected chi connectivity index (χ3v) is 7.07. The first-order chi connectivity index (χ1) is 16.8. The molecular weight excluding hydrogens is 517 g/mol. The van der Waals surface area contributed by atoms with Crippen molar-refractivity contribution in [1.82, 2.24) is 0 Å². The molecular formula is C25H24ClF3N2O4S. The summed E-state index contributed by atoms with van der Waals surface area (Å²) < 4.78 is 73.5. The average molecular weight is 541 g/mol. The van der Waals surface area contributed by atoms with E-state index in [1.165, 1.54) is 12.1 Å². The number of aryl methyl sites for hydroxylation is 1. The van der Waals surface area contributed by atoms with E-state index in [0.717, 1.165) is 17.7 Å². The number of hydrogen-bond donors (Lipinski definition) is 1. The maximum absolute atomic E-state index is 13.5. The molecule has 0 bridgehead atoms. The van der Waals surface area contributed by atoms with Gasteiger partial charge in [-0.2, -0.15) is 13.2 Å². The summed E-state index contributed by atoms with van der Waals surface area (Å²) in [6, 6.07) is 14.8. The molecule has 0 aliphatic carbocycles. The Labute approximate surface area is 212 Å². The number of amides is 1. The Morgan fingerprint density at radius 1 is 1.03 bits per heavy atom. The smallest absolute Gasteiger partial charge is 0.417 e. The maximum Gasteiger partial charge on any atom is 0.417 e. The highest BCUT2D eigenvalue weighted by molar-refractivity contribution is 7.92. The van der Waals surface area contributed by atoms with Crippen molar-refractivity contribution in [1.29, 1.82) is 0 Å². The molecule has 3 aromatic carbocycles. The van der Waals surface area contributed by atoms with Crippen LogP contribution >= 0.6 is 11.6 Å². The van der Waals surface area contributed by atoms with Gasteiger partial charge in [-0.25, -0.2) is 8.42 Å². The van der Waals surface area contributed by atoms with E-state index in [2.05, 4.69) is 5.32 Å². The SMILES string of the molecule is Cc1ccc(S(=O)(=O)N(CC(=O)Nc2ccc(OC(C)C)cc2)c2ccc(Cl)c(C(F)(F)F)c2)cc1. The van der Waals surface area contributed by atoms with Crippen LogP contribution in [-0.4, -0.2) is 27.0 Å². The molecule has 0 heterocycles. The number of ether oxygens (including phenoxy) is 1. The van der Waals surface area contributed by atoms with Crippen LogP contribution in [0.2, 0.25) is 5.02 Å². The van der Waals surface area contributed by atoms with Crippen molar-refractivity contribution >= 4 is 38.9 Å². The molecule has 3 aromatic rings. The molecule has 0 saturated carbocycles. The Morgan fingerprint density at radius 3 is 2.19 bits per heavy atom. The molecule has 0 aliphatic heterocycles. The van der Waals surface area contributed by atoms with Crippen LogP contribution in [0.1, 0.15) is 25.0 Å². The van der Waals surface area contributed by atoms with Gasteiger partial charge in [0.25, 0.3) is 10.0 Å². The Balaban J connectivity index is 1.96. The van der Waals surface area contributed by atoms with Crippen molar-refractivity contribution < 1.29 is 31.1 Å². The fraction of sp³-hybridized carbons (Fsp3) is 0.240. The molecule has 11 heteroatoms. The minimum Gasteiger partial charge on any atom is -0.491 e. The number of carbonyl (C=O) groups is 1. The topological polar surface area (TPSA) is 75.7 Å². The summed E-state index contributed by atoms with van der Waals surface area (Å²) in [6.07, 6.45) is -4.87. The first-order valence-electron chi connectivity index (χ1n) is 10.8. The highest BCUT2D eigenvalue weighted by Crippen LogP contribution is 2.38. The number of hydrogen-bond acceptors (Lipinski definition) is 4. The van der Waals surface area contributed by atoms with Gasteiger partial charge in [-0.1, -0.05) is 29.3 Å². The molecule has 0 saturated heterocycles. The fourth-order valence-corrected chi connectivity index (χ4v) is 4.90. The van der Waals surface area contributed by atoms with Crippen LogP contribution in [0.5, 0.6) is 5.75 Å². The number of rotatable bonds is 8. The number of alkyl halides is 3. The van der Waals surface area contributed by atoms with Gasteiger partial charge in [-0.3, -0.25) is 9.10 Å². The van der Waals surface area contributed by atoms with Crippen molar-refractivity contribution in [3.05, 3.63) is 82.9 Å². The van der Waals surface area contributed by atoms with E-state index < -0.39 is 39.2 Å². The largest absolute Gasteiger partial charge is 0.491 e. The van der Waals surface area contributed by atoms with Gasteiger partial charge in [0.15, 0.2) is 0 Å². The normalized spacial score (nSPS) is 11.9. The lowest BCUT2D eigenvalue weighted by Gasteiger charge is -2.25. The number of benzene rings is 3. The molecule has 0 spiro atoms. The summed E-state index contributed by atoms with van der Waals surface area (Å²) >= 11 is 5.71. The first kappa shape index (κ1) is 27.3. The Hall–Kier alpha value is -3.24. The lowest BCUT2D eigenvalue weighted by atomic mass is 10.2.